The van der Waals surface area contributed by atoms with Gasteiger partial charge in [0.1, 0.15) is 6.10 Å². The number of amides is 1. The van der Waals surface area contributed by atoms with Gasteiger partial charge in [0.2, 0.25) is 0 Å². The smallest absolute Gasteiger partial charge is 0.253 e. The van der Waals surface area contributed by atoms with E-state index in [0.29, 0.717) is 6.61 Å². The van der Waals surface area contributed by atoms with Gasteiger partial charge in [0, 0.05) is 18.8 Å². The summed E-state index contributed by atoms with van der Waals surface area (Å²) in [5.74, 6) is -0.0361. The number of rotatable bonds is 4. The van der Waals surface area contributed by atoms with E-state index in [1.54, 1.807) is 0 Å². The third-order valence-corrected chi connectivity index (χ3v) is 2.86. The molecule has 1 aromatic carbocycles. The molecule has 1 aliphatic heterocycles. The van der Waals surface area contributed by atoms with Gasteiger partial charge in [0.05, 0.1) is 0 Å². The van der Waals surface area contributed by atoms with Crippen molar-refractivity contribution < 1.29 is 9.53 Å². The van der Waals surface area contributed by atoms with Gasteiger partial charge in [-0.05, 0) is 31.5 Å². The summed E-state index contributed by atoms with van der Waals surface area (Å²) in [6.45, 7) is 1.43. The van der Waals surface area contributed by atoms with Gasteiger partial charge in [-0.15, -0.1) is 0 Å². The summed E-state index contributed by atoms with van der Waals surface area (Å²) in [4.78, 5) is 11.9. The number of anilines is 1. The van der Waals surface area contributed by atoms with E-state index in [0.717, 1.165) is 30.6 Å². The molecule has 1 aliphatic rings. The maximum absolute atomic E-state index is 11.9. The first-order valence-corrected chi connectivity index (χ1v) is 5.96. The van der Waals surface area contributed by atoms with Crippen LogP contribution >= 0.6 is 0 Å². The molecule has 0 radical (unpaired) electrons. The van der Waals surface area contributed by atoms with Crippen LogP contribution in [0.25, 0.3) is 0 Å². The van der Waals surface area contributed by atoms with Crippen molar-refractivity contribution in [3.05, 3.63) is 29.8 Å². The lowest BCUT2D eigenvalue weighted by molar-refractivity contribution is -0.124. The van der Waals surface area contributed by atoms with Gasteiger partial charge in [-0.2, -0.15) is 0 Å². The molecule has 0 saturated carbocycles. The molecule has 4 nitrogen and oxygen atoms in total. The van der Waals surface area contributed by atoms with E-state index in [1.165, 1.54) is 0 Å². The van der Waals surface area contributed by atoms with E-state index in [-0.39, 0.29) is 12.0 Å². The van der Waals surface area contributed by atoms with Crippen LogP contribution in [-0.2, 0) is 16.1 Å². The van der Waals surface area contributed by atoms with Gasteiger partial charge in [0.15, 0.2) is 0 Å². The highest BCUT2D eigenvalue weighted by molar-refractivity contribution is 5.94. The number of para-hydroxylation sites is 1. The molecule has 1 aromatic rings. The van der Waals surface area contributed by atoms with Crippen LogP contribution in [0.4, 0.5) is 5.69 Å². The van der Waals surface area contributed by atoms with E-state index in [4.69, 9.17) is 4.74 Å². The SMILES string of the molecule is CNCc1ccccc1NC(=O)C1CCCO1. The maximum Gasteiger partial charge on any atom is 0.253 e. The van der Waals surface area contributed by atoms with Crippen molar-refractivity contribution in [2.45, 2.75) is 25.5 Å². The fraction of sp³-hybridized carbons (Fsp3) is 0.462. The van der Waals surface area contributed by atoms with E-state index in [2.05, 4.69) is 10.6 Å². The average Bonchev–Trinajstić information content (AvgIpc) is 2.85. The number of hydrogen-bond donors (Lipinski definition) is 2. The Hall–Kier alpha value is -1.39. The van der Waals surface area contributed by atoms with Gasteiger partial charge >= 0.3 is 0 Å². The van der Waals surface area contributed by atoms with E-state index >= 15 is 0 Å². The summed E-state index contributed by atoms with van der Waals surface area (Å²) in [7, 11) is 1.89. The van der Waals surface area contributed by atoms with Crippen LogP contribution in [0.3, 0.4) is 0 Å². The molecule has 2 N–H and O–H groups in total. The third kappa shape index (κ3) is 3.05. The minimum absolute atomic E-state index is 0.0361. The monoisotopic (exact) mass is 234 g/mol. The van der Waals surface area contributed by atoms with Crippen LogP contribution in [0, 0.1) is 0 Å². The number of carbonyl (C=O) groups is 1. The first-order valence-electron chi connectivity index (χ1n) is 5.96. The lowest BCUT2D eigenvalue weighted by Crippen LogP contribution is -2.27. The molecular formula is C13H18N2O2. The summed E-state index contributed by atoms with van der Waals surface area (Å²) < 4.78 is 5.36. The molecule has 0 aliphatic carbocycles. The van der Waals surface area contributed by atoms with Crippen molar-refractivity contribution in [2.24, 2.45) is 0 Å². The fourth-order valence-electron chi connectivity index (χ4n) is 1.98. The second-order valence-electron chi connectivity index (χ2n) is 4.18. The summed E-state index contributed by atoms with van der Waals surface area (Å²) in [5, 5.41) is 6.02. The minimum atomic E-state index is -0.280. The standard InChI is InChI=1S/C13H18N2O2/c1-14-9-10-5-2-3-6-11(10)15-13(16)12-7-4-8-17-12/h2-3,5-6,12,14H,4,7-9H2,1H3,(H,15,16). The van der Waals surface area contributed by atoms with Gasteiger partial charge < -0.3 is 15.4 Å². The van der Waals surface area contributed by atoms with Crippen molar-refractivity contribution in [3.63, 3.8) is 0 Å². The maximum atomic E-state index is 11.9. The Morgan fingerprint density at radius 2 is 2.29 bits per heavy atom. The molecule has 92 valence electrons. The predicted molar refractivity (Wildman–Crippen MR) is 66.8 cm³/mol. The Morgan fingerprint density at radius 3 is 3.00 bits per heavy atom. The Labute approximate surface area is 101 Å². The molecule has 1 atom stereocenters. The summed E-state index contributed by atoms with van der Waals surface area (Å²) in [5.41, 5.74) is 1.95. The average molecular weight is 234 g/mol. The molecular weight excluding hydrogens is 216 g/mol. The third-order valence-electron chi connectivity index (χ3n) is 2.86. The lowest BCUT2D eigenvalue weighted by Gasteiger charge is -2.13. The fourth-order valence-corrected chi connectivity index (χ4v) is 1.98. The van der Waals surface area contributed by atoms with Crippen molar-refractivity contribution in [3.8, 4) is 0 Å². The van der Waals surface area contributed by atoms with Crippen LogP contribution < -0.4 is 10.6 Å². The number of nitrogens with one attached hydrogen (secondary N) is 2. The molecule has 0 spiro atoms. The van der Waals surface area contributed by atoms with Gasteiger partial charge in [-0.3, -0.25) is 4.79 Å². The molecule has 4 heteroatoms. The Balaban J connectivity index is 2.04. The Kier molecular flexibility index (Phi) is 4.12. The first kappa shape index (κ1) is 12.1. The number of carbonyl (C=O) groups excluding carboxylic acids is 1. The van der Waals surface area contributed by atoms with Crippen LogP contribution in [0.2, 0.25) is 0 Å². The quantitative estimate of drug-likeness (QED) is 0.830. The molecule has 1 heterocycles. The second-order valence-corrected chi connectivity index (χ2v) is 4.18. The zero-order chi connectivity index (χ0) is 12.1. The summed E-state index contributed by atoms with van der Waals surface area (Å²) in [6, 6.07) is 7.81. The Morgan fingerprint density at radius 1 is 1.47 bits per heavy atom. The highest BCUT2D eigenvalue weighted by Gasteiger charge is 2.23. The van der Waals surface area contributed by atoms with E-state index in [9.17, 15) is 4.79 Å². The molecule has 0 aromatic heterocycles. The van der Waals surface area contributed by atoms with E-state index in [1.807, 2.05) is 31.3 Å². The largest absolute Gasteiger partial charge is 0.368 e. The number of hydrogen-bond acceptors (Lipinski definition) is 3. The molecule has 1 fully saturated rings. The van der Waals surface area contributed by atoms with Gasteiger partial charge in [-0.25, -0.2) is 0 Å². The van der Waals surface area contributed by atoms with Crippen molar-refractivity contribution in [2.75, 3.05) is 19.0 Å². The van der Waals surface area contributed by atoms with Crippen LogP contribution in [0.5, 0.6) is 0 Å². The summed E-state index contributed by atoms with van der Waals surface area (Å²) in [6.07, 6.45) is 1.51. The lowest BCUT2D eigenvalue weighted by atomic mass is 10.1. The molecule has 1 saturated heterocycles. The molecule has 1 amide bonds. The van der Waals surface area contributed by atoms with E-state index < -0.39 is 0 Å². The molecule has 1 unspecified atom stereocenters. The molecule has 2 rings (SSSR count). The first-order chi connectivity index (χ1) is 8.31. The number of benzene rings is 1. The second kappa shape index (κ2) is 5.80. The van der Waals surface area contributed by atoms with Crippen molar-refractivity contribution in [1.82, 2.24) is 5.32 Å². The normalized spacial score (nSPS) is 19.2. The summed E-state index contributed by atoms with van der Waals surface area (Å²) >= 11 is 0. The topological polar surface area (TPSA) is 50.4 Å². The van der Waals surface area contributed by atoms with Crippen LogP contribution in [-0.4, -0.2) is 25.7 Å². The zero-order valence-electron chi connectivity index (χ0n) is 10.0. The highest BCUT2D eigenvalue weighted by Crippen LogP contribution is 2.18. The Bertz CT molecular complexity index is 387. The predicted octanol–water partition coefficient (Wildman–Crippen LogP) is 1.52. The van der Waals surface area contributed by atoms with Crippen molar-refractivity contribution in [1.29, 1.82) is 0 Å². The zero-order valence-corrected chi connectivity index (χ0v) is 10.0. The molecule has 17 heavy (non-hydrogen) atoms. The van der Waals surface area contributed by atoms with Crippen LogP contribution in [0.1, 0.15) is 18.4 Å². The van der Waals surface area contributed by atoms with Gasteiger partial charge in [0.25, 0.3) is 5.91 Å². The molecule has 0 bridgehead atoms. The number of ether oxygens (including phenoxy) is 1. The van der Waals surface area contributed by atoms with Crippen LogP contribution in [0.15, 0.2) is 24.3 Å². The van der Waals surface area contributed by atoms with Crippen molar-refractivity contribution >= 4 is 11.6 Å². The minimum Gasteiger partial charge on any atom is -0.368 e. The van der Waals surface area contributed by atoms with Gasteiger partial charge in [-0.1, -0.05) is 18.2 Å². The highest BCUT2D eigenvalue weighted by atomic mass is 16.5.